The van der Waals surface area contributed by atoms with Gasteiger partial charge in [-0.2, -0.15) is 0 Å². The van der Waals surface area contributed by atoms with Crippen molar-refractivity contribution < 1.29 is 38.0 Å². The predicted octanol–water partition coefficient (Wildman–Crippen LogP) is 6.13. The smallest absolute Gasteiger partial charge is 0.255 e. The van der Waals surface area contributed by atoms with Crippen LogP contribution in [0.2, 0.25) is 0 Å². The molecule has 5 aromatic rings. The summed E-state index contributed by atoms with van der Waals surface area (Å²) < 4.78 is 34.7. The molecule has 14 nitrogen and oxygen atoms in total. The molecular formula is C43H48N6O8. The Kier molecular flexibility index (Phi) is 16.4. The minimum atomic E-state index is -0.449. The summed E-state index contributed by atoms with van der Waals surface area (Å²) >= 11 is 0. The lowest BCUT2D eigenvalue weighted by molar-refractivity contribution is -0.114. The summed E-state index contributed by atoms with van der Waals surface area (Å²) in [5, 5.41) is 15.0. The Balaban J connectivity index is 1.38. The number of carbonyl (C=O) groups is 2. The quantitative estimate of drug-likeness (QED) is 0.0583. The van der Waals surface area contributed by atoms with Gasteiger partial charge in [0.05, 0.1) is 90.6 Å². The normalized spacial score (nSPS) is 10.9. The van der Waals surface area contributed by atoms with E-state index < -0.39 is 6.04 Å². The zero-order chi connectivity index (χ0) is 40.2. The van der Waals surface area contributed by atoms with E-state index in [1.54, 1.807) is 43.2 Å². The van der Waals surface area contributed by atoms with Crippen LogP contribution in [0.15, 0.2) is 103 Å². The molecule has 0 saturated heterocycles. The first kappa shape index (κ1) is 41.9. The first-order chi connectivity index (χ1) is 27.9. The monoisotopic (exact) mass is 776 g/mol. The molecule has 1 aromatic heterocycles. The highest BCUT2D eigenvalue weighted by Crippen LogP contribution is 2.42. The average molecular weight is 777 g/mol. The highest BCUT2D eigenvalue weighted by molar-refractivity contribution is 6.06. The van der Waals surface area contributed by atoms with E-state index in [1.807, 2.05) is 83.9 Å². The molecule has 57 heavy (non-hydrogen) atoms. The van der Waals surface area contributed by atoms with E-state index in [-0.39, 0.29) is 18.4 Å². The van der Waals surface area contributed by atoms with E-state index in [0.29, 0.717) is 92.7 Å². The Morgan fingerprint density at radius 2 is 1.30 bits per heavy atom. The van der Waals surface area contributed by atoms with Crippen LogP contribution >= 0.6 is 0 Å². The van der Waals surface area contributed by atoms with Gasteiger partial charge in [0.1, 0.15) is 18.1 Å². The van der Waals surface area contributed by atoms with E-state index in [1.165, 1.54) is 6.92 Å². The van der Waals surface area contributed by atoms with E-state index in [2.05, 4.69) is 26.9 Å². The minimum Gasteiger partial charge on any atom is -0.497 e. The molecule has 0 aliphatic rings. The maximum Gasteiger partial charge on any atom is 0.255 e. The third-order valence-electron chi connectivity index (χ3n) is 8.54. The number of aromatic nitrogens is 3. The van der Waals surface area contributed by atoms with Crippen LogP contribution in [-0.2, 0) is 30.3 Å². The lowest BCUT2D eigenvalue weighted by Crippen LogP contribution is -2.27. The van der Waals surface area contributed by atoms with Crippen molar-refractivity contribution in [3.8, 4) is 23.8 Å². The molecule has 0 spiro atoms. The van der Waals surface area contributed by atoms with E-state index in [9.17, 15) is 9.59 Å². The molecule has 0 bridgehead atoms. The Morgan fingerprint density at radius 1 is 0.737 bits per heavy atom. The molecule has 1 heterocycles. The van der Waals surface area contributed by atoms with Gasteiger partial charge in [0.15, 0.2) is 5.82 Å². The van der Waals surface area contributed by atoms with Crippen molar-refractivity contribution in [3.05, 3.63) is 120 Å². The van der Waals surface area contributed by atoms with Gasteiger partial charge in [0, 0.05) is 18.2 Å². The van der Waals surface area contributed by atoms with Gasteiger partial charge in [-0.3, -0.25) is 9.59 Å². The SMILES string of the molecule is C#CCOCCOCCOCCOCCn1cc(N(c2ccccc2NC(=O)c2ccc(NC(C)=O)cc2)C(c2ccc(OC)cc2)c2ccc(OC)cc2)nn1. The average Bonchev–Trinajstić information content (AvgIpc) is 3.70. The number of nitrogens with zero attached hydrogens (tertiary/aromatic N) is 4. The number of hydrogen-bond acceptors (Lipinski definition) is 11. The van der Waals surface area contributed by atoms with Gasteiger partial charge in [-0.05, 0) is 71.8 Å². The molecule has 0 aliphatic heterocycles. The molecule has 14 heteroatoms. The standard InChI is InChI=1S/C43H48N6O8/c1-5-23-54-25-27-56-29-30-57-28-26-55-24-22-48-31-41(46-47-48)49(42(33-12-18-37(52-3)19-13-33)34-14-20-38(53-4)21-15-34)40-9-7-6-8-39(40)45-43(51)35-10-16-36(17-11-35)44-32(2)50/h1,6-21,31,42H,22-30H2,2-4H3,(H,44,50)(H,45,51). The van der Waals surface area contributed by atoms with Gasteiger partial charge in [-0.25, -0.2) is 4.68 Å². The maximum absolute atomic E-state index is 13.7. The fraction of sp³-hybridized carbons (Fsp3) is 0.302. The largest absolute Gasteiger partial charge is 0.497 e. The summed E-state index contributed by atoms with van der Waals surface area (Å²) in [6.45, 7) is 5.12. The molecule has 4 aromatic carbocycles. The van der Waals surface area contributed by atoms with E-state index in [0.717, 1.165) is 11.1 Å². The number of anilines is 4. The number of amides is 2. The van der Waals surface area contributed by atoms with E-state index >= 15 is 0 Å². The number of nitrogens with one attached hydrogen (secondary N) is 2. The van der Waals surface area contributed by atoms with Crippen LogP contribution in [0.3, 0.4) is 0 Å². The zero-order valence-corrected chi connectivity index (χ0v) is 32.4. The summed E-state index contributed by atoms with van der Waals surface area (Å²) in [5.74, 6) is 3.84. The molecular weight excluding hydrogens is 729 g/mol. The summed E-state index contributed by atoms with van der Waals surface area (Å²) in [4.78, 5) is 27.3. The lowest BCUT2D eigenvalue weighted by Gasteiger charge is -2.34. The summed E-state index contributed by atoms with van der Waals surface area (Å²) in [6.07, 6.45) is 7.01. The van der Waals surface area contributed by atoms with Gasteiger partial charge in [-0.1, -0.05) is 47.5 Å². The van der Waals surface area contributed by atoms with Gasteiger partial charge in [-0.15, -0.1) is 11.5 Å². The van der Waals surface area contributed by atoms with Crippen molar-refractivity contribution in [2.75, 3.05) is 82.6 Å². The van der Waals surface area contributed by atoms with Gasteiger partial charge < -0.3 is 44.0 Å². The topological polar surface area (TPSA) is 148 Å². The van der Waals surface area contributed by atoms with Crippen molar-refractivity contribution in [1.29, 1.82) is 0 Å². The number of carbonyl (C=O) groups excluding carboxylic acids is 2. The predicted molar refractivity (Wildman–Crippen MR) is 217 cm³/mol. The number of methoxy groups -OCH3 is 2. The number of rotatable bonds is 23. The molecule has 0 atom stereocenters. The molecule has 0 radical (unpaired) electrons. The van der Waals surface area contributed by atoms with Crippen LogP contribution in [0.25, 0.3) is 0 Å². The summed E-state index contributed by atoms with van der Waals surface area (Å²) in [6, 6.07) is 29.4. The van der Waals surface area contributed by atoms with Gasteiger partial charge in [0.25, 0.3) is 5.91 Å². The molecule has 2 amide bonds. The van der Waals surface area contributed by atoms with Crippen molar-refractivity contribution in [2.24, 2.45) is 0 Å². The third-order valence-corrected chi connectivity index (χ3v) is 8.54. The Labute approximate surface area is 333 Å². The third kappa shape index (κ3) is 12.6. The molecule has 0 aliphatic carbocycles. The minimum absolute atomic E-state index is 0.198. The Hall–Kier alpha value is -6.24. The zero-order valence-electron chi connectivity index (χ0n) is 32.4. The van der Waals surface area contributed by atoms with Crippen LogP contribution in [0.5, 0.6) is 11.5 Å². The number of ether oxygens (including phenoxy) is 6. The fourth-order valence-corrected chi connectivity index (χ4v) is 5.81. The highest BCUT2D eigenvalue weighted by Gasteiger charge is 2.29. The first-order valence-corrected chi connectivity index (χ1v) is 18.4. The van der Waals surface area contributed by atoms with Gasteiger partial charge >= 0.3 is 0 Å². The molecule has 0 fully saturated rings. The van der Waals surface area contributed by atoms with Crippen LogP contribution in [-0.4, -0.2) is 93.9 Å². The van der Waals surface area contributed by atoms with Crippen molar-refractivity contribution >= 4 is 34.7 Å². The molecule has 0 unspecified atom stereocenters. The van der Waals surface area contributed by atoms with Crippen LogP contribution in [0.4, 0.5) is 22.9 Å². The second-order valence-corrected chi connectivity index (χ2v) is 12.5. The Bertz CT molecular complexity index is 1980. The second kappa shape index (κ2) is 22.3. The highest BCUT2D eigenvalue weighted by atomic mass is 16.6. The summed E-state index contributed by atoms with van der Waals surface area (Å²) in [5.41, 5.74) is 4.07. The van der Waals surface area contributed by atoms with Crippen molar-refractivity contribution in [1.82, 2.24) is 15.0 Å². The van der Waals surface area contributed by atoms with Crippen LogP contribution in [0, 0.1) is 12.3 Å². The number of hydrogen-bond donors (Lipinski definition) is 2. The number of terminal acetylenes is 1. The summed E-state index contributed by atoms with van der Waals surface area (Å²) in [7, 11) is 3.25. The van der Waals surface area contributed by atoms with E-state index in [4.69, 9.17) is 34.8 Å². The van der Waals surface area contributed by atoms with Crippen LogP contribution in [0.1, 0.15) is 34.5 Å². The fourth-order valence-electron chi connectivity index (χ4n) is 5.81. The maximum atomic E-state index is 13.7. The number of para-hydroxylation sites is 2. The van der Waals surface area contributed by atoms with Crippen molar-refractivity contribution in [2.45, 2.75) is 19.5 Å². The molecule has 2 N–H and O–H groups in total. The number of benzene rings is 4. The Morgan fingerprint density at radius 3 is 1.86 bits per heavy atom. The molecule has 5 rings (SSSR count). The first-order valence-electron chi connectivity index (χ1n) is 18.4. The second-order valence-electron chi connectivity index (χ2n) is 12.5. The lowest BCUT2D eigenvalue weighted by atomic mass is 9.95. The molecule has 298 valence electrons. The van der Waals surface area contributed by atoms with Crippen molar-refractivity contribution in [3.63, 3.8) is 0 Å². The molecule has 0 saturated carbocycles. The van der Waals surface area contributed by atoms with Crippen LogP contribution < -0.4 is 25.0 Å². The van der Waals surface area contributed by atoms with Gasteiger partial charge in [0.2, 0.25) is 5.91 Å².